The number of nitrogens with one attached hydrogen (secondary N) is 1. The van der Waals surface area contributed by atoms with E-state index in [2.05, 4.69) is 15.5 Å². The third kappa shape index (κ3) is 3.45. The third-order valence-corrected chi connectivity index (χ3v) is 6.18. The number of nitrogens with zero attached hydrogens (tertiary/aromatic N) is 4. The fourth-order valence-corrected chi connectivity index (χ4v) is 4.98. The molecule has 6 nitrogen and oxygen atoms in total. The van der Waals surface area contributed by atoms with Crippen molar-refractivity contribution in [2.45, 2.75) is 50.2 Å². The summed E-state index contributed by atoms with van der Waals surface area (Å²) in [6.07, 6.45) is 6.89. The van der Waals surface area contributed by atoms with E-state index in [0.29, 0.717) is 27.6 Å². The van der Waals surface area contributed by atoms with Gasteiger partial charge in [-0.2, -0.15) is 4.52 Å². The van der Waals surface area contributed by atoms with E-state index in [-0.39, 0.29) is 5.60 Å². The van der Waals surface area contributed by atoms with Crippen molar-refractivity contribution in [3.8, 4) is 11.4 Å². The molecule has 2 aliphatic rings. The molecule has 3 heterocycles. The second kappa shape index (κ2) is 7.17. The number of benzene rings is 1. The highest BCUT2D eigenvalue weighted by Crippen LogP contribution is 2.40. The summed E-state index contributed by atoms with van der Waals surface area (Å²) in [5, 5.41) is 17.9. The molecule has 1 N–H and O–H groups in total. The van der Waals surface area contributed by atoms with Crippen molar-refractivity contribution in [1.29, 1.82) is 0 Å². The SMILES string of the molecule is Clc1cc(Cl)cc(-c2nnc3ccc(NC4CCOC5(CCCC5)C4)nn23)c1. The minimum Gasteiger partial charge on any atom is -0.375 e. The first-order chi connectivity index (χ1) is 13.6. The summed E-state index contributed by atoms with van der Waals surface area (Å²) >= 11 is 12.3. The molecular weight excluding hydrogens is 397 g/mol. The molecule has 1 saturated heterocycles. The van der Waals surface area contributed by atoms with Crippen molar-refractivity contribution >= 4 is 34.7 Å². The fraction of sp³-hybridized carbons (Fsp3) is 0.450. The van der Waals surface area contributed by atoms with Crippen LogP contribution in [-0.2, 0) is 4.74 Å². The van der Waals surface area contributed by atoms with E-state index in [1.165, 1.54) is 25.7 Å². The first-order valence-electron chi connectivity index (χ1n) is 9.70. The summed E-state index contributed by atoms with van der Waals surface area (Å²) in [4.78, 5) is 0. The van der Waals surface area contributed by atoms with Crippen molar-refractivity contribution in [2.75, 3.05) is 11.9 Å². The molecule has 1 aliphatic carbocycles. The molecule has 0 amide bonds. The second-order valence-corrected chi connectivity index (χ2v) is 8.62. The van der Waals surface area contributed by atoms with E-state index in [4.69, 9.17) is 33.0 Å². The molecule has 1 spiro atoms. The Hall–Kier alpha value is -1.89. The lowest BCUT2D eigenvalue weighted by atomic mass is 9.89. The summed E-state index contributed by atoms with van der Waals surface area (Å²) in [5.74, 6) is 1.42. The zero-order valence-electron chi connectivity index (χ0n) is 15.4. The van der Waals surface area contributed by atoms with E-state index in [1.807, 2.05) is 24.3 Å². The Morgan fingerprint density at radius 1 is 1.07 bits per heavy atom. The first kappa shape index (κ1) is 18.2. The largest absolute Gasteiger partial charge is 0.375 e. The van der Waals surface area contributed by atoms with Gasteiger partial charge in [0.2, 0.25) is 0 Å². The topological polar surface area (TPSA) is 64.3 Å². The Labute approximate surface area is 173 Å². The third-order valence-electron chi connectivity index (χ3n) is 5.74. The van der Waals surface area contributed by atoms with Gasteiger partial charge in [0.15, 0.2) is 11.5 Å². The van der Waals surface area contributed by atoms with Crippen molar-refractivity contribution in [3.63, 3.8) is 0 Å². The van der Waals surface area contributed by atoms with Crippen LogP contribution in [0.1, 0.15) is 38.5 Å². The first-order valence-corrected chi connectivity index (χ1v) is 10.5. The Balaban J connectivity index is 1.43. The highest BCUT2D eigenvalue weighted by Gasteiger charge is 2.39. The van der Waals surface area contributed by atoms with Gasteiger partial charge in [0.05, 0.1) is 5.60 Å². The number of fused-ring (bicyclic) bond motifs is 1. The van der Waals surface area contributed by atoms with Crippen LogP contribution in [0.25, 0.3) is 17.0 Å². The van der Waals surface area contributed by atoms with E-state index in [0.717, 1.165) is 30.8 Å². The van der Waals surface area contributed by atoms with E-state index in [1.54, 1.807) is 10.6 Å². The second-order valence-electron chi connectivity index (χ2n) is 7.74. The van der Waals surface area contributed by atoms with Crippen molar-refractivity contribution < 1.29 is 4.74 Å². The summed E-state index contributed by atoms with van der Waals surface area (Å²) in [6, 6.07) is 9.55. The molecule has 146 valence electrons. The maximum atomic E-state index is 6.15. The van der Waals surface area contributed by atoms with Crippen LogP contribution in [0.2, 0.25) is 10.0 Å². The summed E-state index contributed by atoms with van der Waals surface area (Å²) in [7, 11) is 0. The van der Waals surface area contributed by atoms with Gasteiger partial charge in [0.25, 0.3) is 0 Å². The summed E-state index contributed by atoms with van der Waals surface area (Å²) < 4.78 is 7.87. The molecule has 5 rings (SSSR count). The molecule has 1 aliphatic heterocycles. The van der Waals surface area contributed by atoms with Crippen LogP contribution in [0.15, 0.2) is 30.3 Å². The van der Waals surface area contributed by atoms with Gasteiger partial charge in [-0.1, -0.05) is 36.0 Å². The van der Waals surface area contributed by atoms with Gasteiger partial charge in [-0.05, 0) is 56.0 Å². The van der Waals surface area contributed by atoms with E-state index in [9.17, 15) is 0 Å². The summed E-state index contributed by atoms with van der Waals surface area (Å²) in [5.41, 5.74) is 1.53. The predicted octanol–water partition coefficient (Wildman–Crippen LogP) is 5.00. The Morgan fingerprint density at radius 3 is 2.64 bits per heavy atom. The normalized spacial score (nSPS) is 21.4. The standard InChI is InChI=1S/C20H21Cl2N5O/c21-14-9-13(10-15(22)11-14)19-25-24-18-4-3-17(26-27(18)19)23-16-5-8-28-20(12-16)6-1-2-7-20/h3-4,9-11,16H,1-2,5-8,12H2,(H,23,26). The van der Waals surface area contributed by atoms with Crippen LogP contribution >= 0.6 is 23.2 Å². The zero-order valence-corrected chi connectivity index (χ0v) is 16.9. The Morgan fingerprint density at radius 2 is 1.86 bits per heavy atom. The van der Waals surface area contributed by atoms with Crippen LogP contribution in [0, 0.1) is 0 Å². The van der Waals surface area contributed by atoms with Crippen molar-refractivity contribution in [1.82, 2.24) is 19.8 Å². The van der Waals surface area contributed by atoms with Crippen LogP contribution < -0.4 is 5.32 Å². The number of aromatic nitrogens is 4. The van der Waals surface area contributed by atoms with Gasteiger partial charge in [-0.15, -0.1) is 15.3 Å². The van der Waals surface area contributed by atoms with Crippen LogP contribution in [-0.4, -0.2) is 38.1 Å². The monoisotopic (exact) mass is 417 g/mol. The number of anilines is 1. The smallest absolute Gasteiger partial charge is 0.185 e. The Kier molecular flexibility index (Phi) is 4.65. The van der Waals surface area contributed by atoms with Gasteiger partial charge in [0.1, 0.15) is 5.82 Å². The molecule has 0 radical (unpaired) electrons. The van der Waals surface area contributed by atoms with Crippen molar-refractivity contribution in [3.05, 3.63) is 40.4 Å². The van der Waals surface area contributed by atoms with Gasteiger partial charge in [-0.25, -0.2) is 0 Å². The highest BCUT2D eigenvalue weighted by molar-refractivity contribution is 6.35. The molecule has 1 saturated carbocycles. The quantitative estimate of drug-likeness (QED) is 0.649. The fourth-order valence-electron chi connectivity index (χ4n) is 4.46. The maximum absolute atomic E-state index is 6.15. The average Bonchev–Trinajstić information content (AvgIpc) is 3.28. The minimum atomic E-state index is 0.0687. The van der Waals surface area contributed by atoms with Gasteiger partial charge >= 0.3 is 0 Å². The highest BCUT2D eigenvalue weighted by atomic mass is 35.5. The zero-order chi connectivity index (χ0) is 19.1. The molecular formula is C20H21Cl2N5O. The maximum Gasteiger partial charge on any atom is 0.185 e. The average molecular weight is 418 g/mol. The molecule has 2 fully saturated rings. The molecule has 3 aromatic rings. The van der Waals surface area contributed by atoms with E-state index < -0.39 is 0 Å². The molecule has 28 heavy (non-hydrogen) atoms. The lowest BCUT2D eigenvalue weighted by molar-refractivity contribution is -0.0767. The number of halogens is 2. The van der Waals surface area contributed by atoms with Crippen LogP contribution in [0.5, 0.6) is 0 Å². The van der Waals surface area contributed by atoms with E-state index >= 15 is 0 Å². The molecule has 8 heteroatoms. The lowest BCUT2D eigenvalue weighted by Gasteiger charge is -2.38. The molecule has 1 aromatic carbocycles. The molecule has 1 atom stereocenters. The lowest BCUT2D eigenvalue weighted by Crippen LogP contribution is -2.42. The molecule has 2 aromatic heterocycles. The predicted molar refractivity (Wildman–Crippen MR) is 110 cm³/mol. The van der Waals surface area contributed by atoms with Crippen LogP contribution in [0.3, 0.4) is 0 Å². The molecule has 0 bridgehead atoms. The number of hydrogen-bond donors (Lipinski definition) is 1. The van der Waals surface area contributed by atoms with Crippen LogP contribution in [0.4, 0.5) is 5.82 Å². The number of ether oxygens (including phenoxy) is 1. The van der Waals surface area contributed by atoms with Gasteiger partial charge in [0, 0.05) is 28.3 Å². The molecule has 1 unspecified atom stereocenters. The number of hydrogen-bond acceptors (Lipinski definition) is 5. The summed E-state index contributed by atoms with van der Waals surface area (Å²) in [6.45, 7) is 0.804. The van der Waals surface area contributed by atoms with Crippen molar-refractivity contribution in [2.24, 2.45) is 0 Å². The van der Waals surface area contributed by atoms with Gasteiger partial charge in [-0.3, -0.25) is 0 Å². The van der Waals surface area contributed by atoms with Gasteiger partial charge < -0.3 is 10.1 Å². The Bertz CT molecular complexity index is 995. The number of rotatable bonds is 3. The minimum absolute atomic E-state index is 0.0687.